The maximum absolute atomic E-state index is 13.5. The van der Waals surface area contributed by atoms with E-state index in [-0.39, 0.29) is 11.3 Å². The topological polar surface area (TPSA) is 62.1 Å². The van der Waals surface area contributed by atoms with E-state index in [0.29, 0.717) is 23.3 Å². The zero-order chi connectivity index (χ0) is 27.6. The van der Waals surface area contributed by atoms with E-state index in [1.165, 1.54) is 23.9 Å². The van der Waals surface area contributed by atoms with E-state index in [0.717, 1.165) is 39.5 Å². The number of alkyl halides is 3. The molecule has 0 aliphatic rings. The average Bonchev–Trinajstić information content (AvgIpc) is 3.31. The zero-order valence-corrected chi connectivity index (χ0v) is 22.3. The lowest BCUT2D eigenvalue weighted by Crippen LogP contribution is -2.08. The smallest absolute Gasteiger partial charge is 0.416 e. The first kappa shape index (κ1) is 26.6. The van der Waals surface area contributed by atoms with Crippen molar-refractivity contribution in [3.05, 3.63) is 83.9 Å². The molecule has 0 bridgehead atoms. The highest BCUT2D eigenvalue weighted by Crippen LogP contribution is 2.37. The maximum Gasteiger partial charge on any atom is 0.416 e. The van der Waals surface area contributed by atoms with E-state index >= 15 is 0 Å². The lowest BCUT2D eigenvalue weighted by Gasteiger charge is -2.13. The Morgan fingerprint density at radius 1 is 0.923 bits per heavy atom. The Morgan fingerprint density at radius 3 is 2.38 bits per heavy atom. The molecule has 39 heavy (non-hydrogen) atoms. The molecular formula is C29H25F3N4O2S. The SMILES string of the molecule is CCOc1ccc2nc(-c3ccc(OC)cc3)cc(-c3nnc(SCc4ccccc4C(F)(F)F)n3C)c2c1. The fourth-order valence-corrected chi connectivity index (χ4v) is 5.21. The number of aromatic nitrogens is 4. The van der Waals surface area contributed by atoms with Gasteiger partial charge in [0.25, 0.3) is 0 Å². The van der Waals surface area contributed by atoms with E-state index in [1.807, 2.05) is 55.5 Å². The molecule has 0 unspecified atom stereocenters. The predicted octanol–water partition coefficient (Wildman–Crippen LogP) is 7.42. The van der Waals surface area contributed by atoms with Crippen molar-refractivity contribution in [2.75, 3.05) is 13.7 Å². The summed E-state index contributed by atoms with van der Waals surface area (Å²) in [5, 5.41) is 10.1. The van der Waals surface area contributed by atoms with Gasteiger partial charge >= 0.3 is 6.18 Å². The summed E-state index contributed by atoms with van der Waals surface area (Å²) >= 11 is 1.20. The van der Waals surface area contributed by atoms with Crippen LogP contribution in [0, 0.1) is 0 Å². The molecule has 0 aliphatic carbocycles. The molecule has 0 radical (unpaired) electrons. The molecule has 0 N–H and O–H groups in total. The summed E-state index contributed by atoms with van der Waals surface area (Å²) in [5.41, 5.74) is 2.71. The largest absolute Gasteiger partial charge is 0.497 e. The Kier molecular flexibility index (Phi) is 7.47. The number of halogens is 3. The molecule has 0 spiro atoms. The Hall–Kier alpha value is -4.05. The lowest BCUT2D eigenvalue weighted by molar-refractivity contribution is -0.138. The van der Waals surface area contributed by atoms with Crippen molar-refractivity contribution in [3.63, 3.8) is 0 Å². The summed E-state index contributed by atoms with van der Waals surface area (Å²) < 4.78 is 53.2. The Balaban J connectivity index is 1.56. The van der Waals surface area contributed by atoms with Gasteiger partial charge in [-0.2, -0.15) is 13.2 Å². The van der Waals surface area contributed by atoms with Crippen LogP contribution >= 0.6 is 11.8 Å². The number of benzene rings is 3. The van der Waals surface area contributed by atoms with Gasteiger partial charge in [0.05, 0.1) is 30.5 Å². The Labute approximate surface area is 227 Å². The summed E-state index contributed by atoms with van der Waals surface area (Å²) in [5.74, 6) is 2.11. The first-order valence-corrected chi connectivity index (χ1v) is 13.2. The number of ether oxygens (including phenoxy) is 2. The normalized spacial score (nSPS) is 11.6. The van der Waals surface area contributed by atoms with Crippen LogP contribution in [0.1, 0.15) is 18.1 Å². The third-order valence-corrected chi connectivity index (χ3v) is 7.30. The molecule has 0 amide bonds. The standard InChI is InChI=1S/C29H25F3N4O2S/c1-4-38-21-13-14-25-22(15-21)23(16-26(33-25)18-9-11-20(37-3)12-10-18)27-34-35-28(36(27)2)39-17-19-7-5-6-8-24(19)29(30,31)32/h5-16H,4,17H2,1-3H3. The number of hydrogen-bond acceptors (Lipinski definition) is 6. The number of nitrogens with zero attached hydrogens (tertiary/aromatic N) is 4. The molecule has 0 atom stereocenters. The van der Waals surface area contributed by atoms with Gasteiger partial charge in [-0.1, -0.05) is 30.0 Å². The van der Waals surface area contributed by atoms with E-state index in [9.17, 15) is 13.2 Å². The summed E-state index contributed by atoms with van der Waals surface area (Å²) in [6, 6.07) is 20.8. The van der Waals surface area contributed by atoms with Crippen LogP contribution in [-0.4, -0.2) is 33.5 Å². The number of thioether (sulfide) groups is 1. The number of fused-ring (bicyclic) bond motifs is 1. The van der Waals surface area contributed by atoms with Gasteiger partial charge in [-0.05, 0) is 67.1 Å². The number of rotatable bonds is 8. The molecule has 2 aromatic heterocycles. The van der Waals surface area contributed by atoms with Crippen LogP contribution in [0.2, 0.25) is 0 Å². The lowest BCUT2D eigenvalue weighted by atomic mass is 10.0. The van der Waals surface area contributed by atoms with Crippen molar-refractivity contribution in [1.82, 2.24) is 19.7 Å². The van der Waals surface area contributed by atoms with E-state index in [1.54, 1.807) is 24.8 Å². The van der Waals surface area contributed by atoms with Gasteiger partial charge in [-0.25, -0.2) is 4.98 Å². The van der Waals surface area contributed by atoms with Crippen LogP contribution in [0.3, 0.4) is 0 Å². The van der Waals surface area contributed by atoms with Crippen LogP contribution in [0.4, 0.5) is 13.2 Å². The molecule has 0 saturated carbocycles. The second-order valence-electron chi connectivity index (χ2n) is 8.70. The molecule has 5 rings (SSSR count). The first-order chi connectivity index (χ1) is 18.8. The molecule has 0 saturated heterocycles. The molecule has 3 aromatic carbocycles. The van der Waals surface area contributed by atoms with Crippen molar-refractivity contribution in [2.24, 2.45) is 7.05 Å². The second kappa shape index (κ2) is 11.0. The summed E-state index contributed by atoms with van der Waals surface area (Å²) in [6.07, 6.45) is -4.42. The maximum atomic E-state index is 13.5. The molecule has 10 heteroatoms. The summed E-state index contributed by atoms with van der Waals surface area (Å²) in [6.45, 7) is 2.43. The van der Waals surface area contributed by atoms with Gasteiger partial charge < -0.3 is 14.0 Å². The van der Waals surface area contributed by atoms with Crippen LogP contribution in [0.15, 0.2) is 78.0 Å². The van der Waals surface area contributed by atoms with Crippen molar-refractivity contribution >= 4 is 22.7 Å². The van der Waals surface area contributed by atoms with Crippen LogP contribution in [-0.2, 0) is 19.0 Å². The third-order valence-electron chi connectivity index (χ3n) is 6.23. The summed E-state index contributed by atoms with van der Waals surface area (Å²) in [7, 11) is 3.42. The van der Waals surface area contributed by atoms with Crippen molar-refractivity contribution in [3.8, 4) is 34.1 Å². The van der Waals surface area contributed by atoms with Gasteiger partial charge in [-0.3, -0.25) is 0 Å². The van der Waals surface area contributed by atoms with Gasteiger partial charge in [0.1, 0.15) is 11.5 Å². The fourth-order valence-electron chi connectivity index (χ4n) is 4.30. The van der Waals surface area contributed by atoms with E-state index < -0.39 is 11.7 Å². The Bertz CT molecular complexity index is 1620. The van der Waals surface area contributed by atoms with Gasteiger partial charge in [0, 0.05) is 29.3 Å². The molecule has 5 aromatic rings. The van der Waals surface area contributed by atoms with E-state index in [4.69, 9.17) is 14.5 Å². The van der Waals surface area contributed by atoms with Crippen LogP contribution in [0.5, 0.6) is 11.5 Å². The molecule has 0 fully saturated rings. The molecule has 2 heterocycles. The minimum atomic E-state index is -4.42. The molecular weight excluding hydrogens is 525 g/mol. The predicted molar refractivity (Wildman–Crippen MR) is 146 cm³/mol. The first-order valence-electron chi connectivity index (χ1n) is 12.2. The highest BCUT2D eigenvalue weighted by atomic mass is 32.2. The second-order valence-corrected chi connectivity index (χ2v) is 9.65. The molecule has 6 nitrogen and oxygen atoms in total. The van der Waals surface area contributed by atoms with Gasteiger partial charge in [0.2, 0.25) is 0 Å². The van der Waals surface area contributed by atoms with Crippen molar-refractivity contribution in [1.29, 1.82) is 0 Å². The quantitative estimate of drug-likeness (QED) is 0.188. The summed E-state index contributed by atoms with van der Waals surface area (Å²) in [4.78, 5) is 4.87. The van der Waals surface area contributed by atoms with Crippen LogP contribution in [0.25, 0.3) is 33.5 Å². The van der Waals surface area contributed by atoms with Gasteiger partial charge in [0.15, 0.2) is 11.0 Å². The Morgan fingerprint density at radius 2 is 1.67 bits per heavy atom. The molecule has 0 aliphatic heterocycles. The minimum Gasteiger partial charge on any atom is -0.497 e. The van der Waals surface area contributed by atoms with Crippen molar-refractivity contribution in [2.45, 2.75) is 24.0 Å². The number of pyridine rings is 1. The van der Waals surface area contributed by atoms with E-state index in [2.05, 4.69) is 10.2 Å². The zero-order valence-electron chi connectivity index (χ0n) is 21.5. The average molecular weight is 551 g/mol. The van der Waals surface area contributed by atoms with Crippen molar-refractivity contribution < 1.29 is 22.6 Å². The monoisotopic (exact) mass is 550 g/mol. The number of methoxy groups -OCH3 is 1. The fraction of sp³-hybridized carbons (Fsp3) is 0.207. The van der Waals surface area contributed by atoms with Crippen LogP contribution < -0.4 is 9.47 Å². The van der Waals surface area contributed by atoms with Gasteiger partial charge in [-0.15, -0.1) is 10.2 Å². The highest BCUT2D eigenvalue weighted by molar-refractivity contribution is 7.98. The highest BCUT2D eigenvalue weighted by Gasteiger charge is 2.33. The molecule has 200 valence electrons. The third kappa shape index (κ3) is 5.56. The minimum absolute atomic E-state index is 0.102. The number of hydrogen-bond donors (Lipinski definition) is 0.